The molecular formula is C36H32Cl6SiZr-2. The Bertz CT molecular complexity index is 1750. The number of rotatable bonds is 4. The first-order valence-electron chi connectivity index (χ1n) is 14.3. The average Bonchev–Trinajstić information content (AvgIpc) is 3.60. The molecule has 44 heavy (non-hydrogen) atoms. The molecular weight excluding hydrogens is 764 g/mol. The second kappa shape index (κ2) is 16.7. The minimum atomic E-state index is -1.65. The molecule has 0 nitrogen and oxygen atoms in total. The van der Waals surface area contributed by atoms with Gasteiger partial charge in [0.2, 0.25) is 0 Å². The van der Waals surface area contributed by atoms with Gasteiger partial charge in [-0.1, -0.05) is 83.5 Å². The zero-order valence-electron chi connectivity index (χ0n) is 24.9. The number of halogens is 6. The second-order valence-electron chi connectivity index (χ2n) is 10.6. The van der Waals surface area contributed by atoms with E-state index < -0.39 is 18.0 Å². The Hall–Kier alpha value is -1.06. The van der Waals surface area contributed by atoms with Crippen LogP contribution in [-0.2, 0) is 30.8 Å². The summed E-state index contributed by atoms with van der Waals surface area (Å²) >= 11 is 22.7. The molecule has 0 radical (unpaired) electrons. The van der Waals surface area contributed by atoms with Crippen LogP contribution in [0.25, 0.3) is 43.8 Å². The summed E-state index contributed by atoms with van der Waals surface area (Å²) in [5.74, 6) is 0. The van der Waals surface area contributed by atoms with Gasteiger partial charge >= 0.3 is 53.5 Å². The van der Waals surface area contributed by atoms with Gasteiger partial charge in [-0.05, 0) is 60.4 Å². The van der Waals surface area contributed by atoms with Crippen LogP contribution in [0.3, 0.4) is 0 Å². The third-order valence-corrected chi connectivity index (χ3v) is 27.8. The van der Waals surface area contributed by atoms with Crippen LogP contribution in [-0.4, -0.2) is 5.43 Å². The Balaban J connectivity index is 0.000000170. The zero-order chi connectivity index (χ0) is 32.0. The molecule has 0 amide bonds. The van der Waals surface area contributed by atoms with Gasteiger partial charge in [0.15, 0.2) is 0 Å². The normalized spacial score (nSPS) is 10.7. The molecule has 0 fully saturated rings. The second-order valence-corrected chi connectivity index (χ2v) is 35.4. The number of aryl methyl sites for hydroxylation is 2. The summed E-state index contributed by atoms with van der Waals surface area (Å²) in [7, 11) is 11.2. The van der Waals surface area contributed by atoms with Gasteiger partial charge in [-0.15, -0.1) is 69.1 Å². The van der Waals surface area contributed by atoms with Gasteiger partial charge in [0.05, 0.1) is 0 Å². The molecule has 0 aliphatic carbocycles. The van der Waals surface area contributed by atoms with Gasteiger partial charge in [-0.25, -0.2) is 0 Å². The van der Waals surface area contributed by atoms with E-state index >= 15 is 0 Å². The maximum absolute atomic E-state index is 6.10. The quantitative estimate of drug-likeness (QED) is 0.123. The minimum absolute atomic E-state index is 0.224. The van der Waals surface area contributed by atoms with Gasteiger partial charge in [0, 0.05) is 20.1 Å². The van der Waals surface area contributed by atoms with Crippen molar-refractivity contribution in [1.82, 2.24) is 0 Å². The predicted octanol–water partition coefficient (Wildman–Crippen LogP) is 14.4. The Morgan fingerprint density at radius 3 is 1.20 bits per heavy atom. The molecule has 0 spiro atoms. The Morgan fingerprint density at radius 2 is 0.909 bits per heavy atom. The van der Waals surface area contributed by atoms with Crippen LogP contribution in [0.1, 0.15) is 25.0 Å². The fraction of sp³-hybridized carbons (Fsp3) is 0.167. The summed E-state index contributed by atoms with van der Waals surface area (Å²) in [4.78, 5) is 0. The summed E-state index contributed by atoms with van der Waals surface area (Å²) in [5.41, 5.74) is 6.99. The SMILES string of the molecule is CCc1cc2c(-c3cc(Cl)cc(Cl)c3)cccc2[cH-]1.CCc1cc2c(-c3cc(Cl)cc(Cl)c3)cccc2[cH-]1.C[Si](C)=[Zr]([Cl])[Cl]. The van der Waals surface area contributed by atoms with E-state index in [9.17, 15) is 0 Å². The molecule has 0 heterocycles. The molecule has 6 rings (SSSR count). The van der Waals surface area contributed by atoms with Gasteiger partial charge in [-0.2, -0.15) is 12.1 Å². The first kappa shape index (κ1) is 35.8. The summed E-state index contributed by atoms with van der Waals surface area (Å²) in [6, 6.07) is 33.0. The number of fused-ring (bicyclic) bond motifs is 2. The molecule has 0 bridgehead atoms. The Labute approximate surface area is 295 Å². The molecule has 0 saturated heterocycles. The van der Waals surface area contributed by atoms with Crippen molar-refractivity contribution in [3.05, 3.63) is 128 Å². The summed E-state index contributed by atoms with van der Waals surface area (Å²) in [6.45, 7) is 8.67. The van der Waals surface area contributed by atoms with Crippen molar-refractivity contribution < 1.29 is 18.0 Å². The fourth-order valence-corrected chi connectivity index (χ4v) is 5.98. The van der Waals surface area contributed by atoms with Crippen molar-refractivity contribution >= 4 is 90.4 Å². The van der Waals surface area contributed by atoms with Crippen molar-refractivity contribution in [3.8, 4) is 22.3 Å². The molecule has 0 aliphatic heterocycles. The fourth-order valence-electron chi connectivity index (χ4n) is 4.92. The van der Waals surface area contributed by atoms with E-state index in [-0.39, 0.29) is 5.43 Å². The van der Waals surface area contributed by atoms with Crippen LogP contribution in [0.4, 0.5) is 0 Å². The van der Waals surface area contributed by atoms with Crippen molar-refractivity contribution in [3.63, 3.8) is 0 Å². The molecule has 228 valence electrons. The van der Waals surface area contributed by atoms with Crippen LogP contribution in [0.5, 0.6) is 0 Å². The monoisotopic (exact) mass is 792 g/mol. The number of hydrogen-bond donors (Lipinski definition) is 0. The third-order valence-electron chi connectivity index (χ3n) is 7.16. The number of hydrogen-bond acceptors (Lipinski definition) is 0. The van der Waals surface area contributed by atoms with E-state index in [1.807, 2.05) is 24.3 Å². The van der Waals surface area contributed by atoms with Crippen LogP contribution >= 0.6 is 63.4 Å². The molecule has 0 atom stereocenters. The predicted molar refractivity (Wildman–Crippen MR) is 198 cm³/mol. The van der Waals surface area contributed by atoms with E-state index in [2.05, 4.69) is 87.6 Å². The average molecular weight is 797 g/mol. The number of benzene rings is 4. The molecule has 0 saturated carbocycles. The first-order chi connectivity index (χ1) is 21.0. The maximum atomic E-state index is 6.10. The first-order valence-corrected chi connectivity index (χ1v) is 28.3. The summed E-state index contributed by atoms with van der Waals surface area (Å²) in [6.07, 6.45) is 2.09. The van der Waals surface area contributed by atoms with Crippen LogP contribution in [0.15, 0.2) is 97.1 Å². The van der Waals surface area contributed by atoms with E-state index in [1.54, 1.807) is 12.1 Å². The van der Waals surface area contributed by atoms with E-state index in [0.717, 1.165) is 24.0 Å². The van der Waals surface area contributed by atoms with E-state index in [4.69, 9.17) is 63.4 Å². The van der Waals surface area contributed by atoms with Gasteiger partial charge in [0.1, 0.15) is 0 Å². The van der Waals surface area contributed by atoms with Crippen LogP contribution in [0.2, 0.25) is 33.2 Å². The van der Waals surface area contributed by atoms with Crippen LogP contribution in [0, 0.1) is 0 Å². The van der Waals surface area contributed by atoms with Gasteiger partial charge in [-0.3, -0.25) is 0 Å². The van der Waals surface area contributed by atoms with Crippen molar-refractivity contribution in [2.24, 2.45) is 0 Å². The molecule has 0 unspecified atom stereocenters. The summed E-state index contributed by atoms with van der Waals surface area (Å²) in [5, 5.41) is 7.73. The zero-order valence-corrected chi connectivity index (χ0v) is 32.9. The van der Waals surface area contributed by atoms with Crippen LogP contribution < -0.4 is 0 Å². The van der Waals surface area contributed by atoms with Gasteiger partial charge < -0.3 is 0 Å². The molecule has 6 aromatic carbocycles. The molecule has 0 aromatic heterocycles. The molecule has 8 heteroatoms. The third kappa shape index (κ3) is 9.49. The van der Waals surface area contributed by atoms with Crippen molar-refractivity contribution in [2.45, 2.75) is 39.8 Å². The summed E-state index contributed by atoms with van der Waals surface area (Å²) < 4.78 is 0. The van der Waals surface area contributed by atoms with Crippen molar-refractivity contribution in [1.29, 1.82) is 0 Å². The Morgan fingerprint density at radius 1 is 0.568 bits per heavy atom. The molecule has 0 aliphatic rings. The van der Waals surface area contributed by atoms with Crippen molar-refractivity contribution in [2.75, 3.05) is 0 Å². The molecule has 0 N–H and O–H groups in total. The standard InChI is InChI=1S/2C17H13Cl2.C2H6Si.2ClH.Zr/c2*1-2-11-6-12-4-3-5-16(17(12)7-11)13-8-14(18)10-15(19)9-13;1-3-2;;;/h2*3-10H,2H2,1H3;1-2H3;2*1H;/q2*-1;;;;+2/p-2. The van der Waals surface area contributed by atoms with E-state index in [1.165, 1.54) is 43.8 Å². The van der Waals surface area contributed by atoms with E-state index in [0.29, 0.717) is 20.1 Å². The topological polar surface area (TPSA) is 0 Å². The van der Waals surface area contributed by atoms with Gasteiger partial charge in [0.25, 0.3) is 0 Å². The molecule has 6 aromatic rings. The Kier molecular flexibility index (Phi) is 13.6.